The molecule has 1 heterocycles. The summed E-state index contributed by atoms with van der Waals surface area (Å²) >= 11 is 0. The van der Waals surface area contributed by atoms with Crippen LogP contribution in [0, 0.1) is 0 Å². The fourth-order valence-corrected chi connectivity index (χ4v) is 1.20. The lowest BCUT2D eigenvalue weighted by Crippen LogP contribution is -2.18. The molecule has 16 heavy (non-hydrogen) atoms. The summed E-state index contributed by atoms with van der Waals surface area (Å²) in [7, 11) is 1.34. The maximum absolute atomic E-state index is 11.1. The van der Waals surface area contributed by atoms with Gasteiger partial charge in [-0.3, -0.25) is 0 Å². The van der Waals surface area contributed by atoms with Gasteiger partial charge in [-0.1, -0.05) is 0 Å². The molecule has 1 aromatic rings. The second-order valence-electron chi connectivity index (χ2n) is 3.17. The maximum Gasteiger partial charge on any atom is 0.341 e. The van der Waals surface area contributed by atoms with Gasteiger partial charge in [-0.25, -0.2) is 4.79 Å². The summed E-state index contributed by atoms with van der Waals surface area (Å²) < 4.78 is 14.9. The number of hydrogen-bond acceptors (Lipinski definition) is 5. The van der Waals surface area contributed by atoms with Gasteiger partial charge in [0.15, 0.2) is 0 Å². The molecule has 5 nitrogen and oxygen atoms in total. The third-order valence-electron chi connectivity index (χ3n) is 2.00. The van der Waals surface area contributed by atoms with Crippen molar-refractivity contribution < 1.29 is 18.7 Å². The largest absolute Gasteiger partial charge is 0.467 e. The Balaban J connectivity index is 2.27. The molecular formula is C11H17NO4. The number of ether oxygens (including phenoxy) is 2. The van der Waals surface area contributed by atoms with Crippen LogP contribution in [0.25, 0.3) is 0 Å². The highest BCUT2D eigenvalue weighted by Gasteiger charge is 2.09. The Morgan fingerprint density at radius 1 is 1.56 bits per heavy atom. The van der Waals surface area contributed by atoms with Gasteiger partial charge in [0.05, 0.1) is 25.8 Å². The lowest BCUT2D eigenvalue weighted by Gasteiger charge is -2.01. The zero-order valence-electron chi connectivity index (χ0n) is 9.62. The minimum absolute atomic E-state index is 0.385. The average molecular weight is 227 g/mol. The molecule has 0 saturated carbocycles. The van der Waals surface area contributed by atoms with E-state index in [2.05, 4.69) is 10.1 Å². The Labute approximate surface area is 94.7 Å². The van der Waals surface area contributed by atoms with E-state index in [-0.39, 0.29) is 5.97 Å². The first-order chi connectivity index (χ1) is 7.77. The van der Waals surface area contributed by atoms with Crippen molar-refractivity contribution in [3.05, 3.63) is 23.7 Å². The van der Waals surface area contributed by atoms with E-state index in [1.807, 2.05) is 6.92 Å². The lowest BCUT2D eigenvalue weighted by atomic mass is 10.3. The third kappa shape index (κ3) is 4.04. The van der Waals surface area contributed by atoms with E-state index >= 15 is 0 Å². The molecule has 1 rings (SSSR count). The Hall–Kier alpha value is -1.33. The predicted molar refractivity (Wildman–Crippen MR) is 58.2 cm³/mol. The molecule has 0 unspecified atom stereocenters. The summed E-state index contributed by atoms with van der Waals surface area (Å²) in [5.41, 5.74) is 0.434. The van der Waals surface area contributed by atoms with Gasteiger partial charge < -0.3 is 19.2 Å². The van der Waals surface area contributed by atoms with Crippen LogP contribution in [0.4, 0.5) is 0 Å². The zero-order valence-corrected chi connectivity index (χ0v) is 9.62. The molecule has 0 spiro atoms. The van der Waals surface area contributed by atoms with Crippen LogP contribution in [0.1, 0.15) is 23.0 Å². The number of esters is 1. The minimum atomic E-state index is -0.385. The summed E-state index contributed by atoms with van der Waals surface area (Å²) in [6.45, 7) is 4.66. The molecule has 0 atom stereocenters. The minimum Gasteiger partial charge on any atom is -0.467 e. The number of furan rings is 1. The van der Waals surface area contributed by atoms with Crippen molar-refractivity contribution in [3.8, 4) is 0 Å². The first-order valence-electron chi connectivity index (χ1n) is 5.22. The van der Waals surface area contributed by atoms with Gasteiger partial charge in [-0.2, -0.15) is 0 Å². The number of hydrogen-bond donors (Lipinski definition) is 1. The Morgan fingerprint density at radius 2 is 2.38 bits per heavy atom. The summed E-state index contributed by atoms with van der Waals surface area (Å²) in [6, 6.07) is 1.67. The number of methoxy groups -OCH3 is 1. The van der Waals surface area contributed by atoms with E-state index in [1.165, 1.54) is 13.4 Å². The van der Waals surface area contributed by atoms with Gasteiger partial charge in [0.2, 0.25) is 0 Å². The normalized spacial score (nSPS) is 10.4. The quantitative estimate of drug-likeness (QED) is 0.560. The Bertz CT molecular complexity index is 322. The molecule has 5 heteroatoms. The molecule has 1 N–H and O–H groups in total. The SMILES string of the molecule is CCOCCNCc1cc(C(=O)OC)co1. The summed E-state index contributed by atoms with van der Waals surface area (Å²) in [5, 5.41) is 3.14. The van der Waals surface area contributed by atoms with Crippen LogP contribution in [-0.2, 0) is 16.0 Å². The second kappa shape index (κ2) is 7.03. The molecule has 0 fully saturated rings. The van der Waals surface area contributed by atoms with E-state index in [9.17, 15) is 4.79 Å². The third-order valence-corrected chi connectivity index (χ3v) is 2.00. The monoisotopic (exact) mass is 227 g/mol. The summed E-state index contributed by atoms with van der Waals surface area (Å²) in [6.07, 6.45) is 1.39. The second-order valence-corrected chi connectivity index (χ2v) is 3.17. The van der Waals surface area contributed by atoms with Crippen LogP contribution in [-0.4, -0.2) is 32.8 Å². The van der Waals surface area contributed by atoms with Gasteiger partial charge >= 0.3 is 5.97 Å². The van der Waals surface area contributed by atoms with Gasteiger partial charge in [0.25, 0.3) is 0 Å². The number of carbonyl (C=O) groups is 1. The molecular weight excluding hydrogens is 210 g/mol. The van der Waals surface area contributed by atoms with Gasteiger partial charge in [-0.05, 0) is 13.0 Å². The molecule has 90 valence electrons. The molecule has 0 amide bonds. The van der Waals surface area contributed by atoms with Gasteiger partial charge in [-0.15, -0.1) is 0 Å². The average Bonchev–Trinajstić information content (AvgIpc) is 2.76. The zero-order chi connectivity index (χ0) is 11.8. The molecule has 0 bridgehead atoms. The first-order valence-corrected chi connectivity index (χ1v) is 5.22. The highest BCUT2D eigenvalue weighted by molar-refractivity contribution is 5.88. The van der Waals surface area contributed by atoms with E-state index in [4.69, 9.17) is 9.15 Å². The van der Waals surface area contributed by atoms with Crippen LogP contribution >= 0.6 is 0 Å². The molecule has 0 aliphatic carbocycles. The highest BCUT2D eigenvalue weighted by atomic mass is 16.5. The van der Waals surface area contributed by atoms with Crippen molar-refractivity contribution in [1.82, 2.24) is 5.32 Å². The fourth-order valence-electron chi connectivity index (χ4n) is 1.20. The molecule has 0 saturated heterocycles. The lowest BCUT2D eigenvalue weighted by molar-refractivity contribution is 0.0600. The molecule has 0 aromatic carbocycles. The Morgan fingerprint density at radius 3 is 3.06 bits per heavy atom. The summed E-state index contributed by atoms with van der Waals surface area (Å²) in [5.74, 6) is 0.321. The van der Waals surface area contributed by atoms with Crippen molar-refractivity contribution in [2.45, 2.75) is 13.5 Å². The van der Waals surface area contributed by atoms with Crippen molar-refractivity contribution in [2.24, 2.45) is 0 Å². The van der Waals surface area contributed by atoms with E-state index in [1.54, 1.807) is 6.07 Å². The van der Waals surface area contributed by atoms with E-state index in [0.29, 0.717) is 24.5 Å². The topological polar surface area (TPSA) is 60.7 Å². The van der Waals surface area contributed by atoms with Crippen LogP contribution in [0.15, 0.2) is 16.7 Å². The van der Waals surface area contributed by atoms with Gasteiger partial charge in [0.1, 0.15) is 12.0 Å². The number of carbonyl (C=O) groups excluding carboxylic acids is 1. The maximum atomic E-state index is 11.1. The van der Waals surface area contributed by atoms with Crippen molar-refractivity contribution in [2.75, 3.05) is 26.9 Å². The Kier molecular flexibility index (Phi) is 5.60. The van der Waals surface area contributed by atoms with Crippen LogP contribution < -0.4 is 5.32 Å². The molecule has 0 radical (unpaired) electrons. The van der Waals surface area contributed by atoms with Crippen LogP contribution in [0.5, 0.6) is 0 Å². The van der Waals surface area contributed by atoms with Crippen molar-refractivity contribution in [1.29, 1.82) is 0 Å². The van der Waals surface area contributed by atoms with Gasteiger partial charge in [0, 0.05) is 13.2 Å². The molecule has 0 aliphatic heterocycles. The van der Waals surface area contributed by atoms with Crippen LogP contribution in [0.3, 0.4) is 0 Å². The van der Waals surface area contributed by atoms with E-state index < -0.39 is 0 Å². The van der Waals surface area contributed by atoms with Crippen LogP contribution in [0.2, 0.25) is 0 Å². The van der Waals surface area contributed by atoms with Crippen molar-refractivity contribution in [3.63, 3.8) is 0 Å². The van der Waals surface area contributed by atoms with Crippen molar-refractivity contribution >= 4 is 5.97 Å². The standard InChI is InChI=1S/C11H17NO4/c1-3-15-5-4-12-7-10-6-9(8-16-10)11(13)14-2/h6,8,12H,3-5,7H2,1-2H3. The first kappa shape index (κ1) is 12.7. The molecule has 1 aromatic heterocycles. The predicted octanol–water partition coefficient (Wildman–Crippen LogP) is 1.19. The number of rotatable bonds is 7. The highest BCUT2D eigenvalue weighted by Crippen LogP contribution is 2.08. The summed E-state index contributed by atoms with van der Waals surface area (Å²) in [4.78, 5) is 11.1. The van der Waals surface area contributed by atoms with E-state index in [0.717, 1.165) is 13.2 Å². The smallest absolute Gasteiger partial charge is 0.341 e. The molecule has 0 aliphatic rings. The number of nitrogens with one attached hydrogen (secondary N) is 1. The fraction of sp³-hybridized carbons (Fsp3) is 0.545.